The number of carbonyl (C=O) groups excluding carboxylic acids is 1. The molecule has 0 spiro atoms. The lowest BCUT2D eigenvalue weighted by molar-refractivity contribution is -0.137. The van der Waals surface area contributed by atoms with Crippen LogP contribution in [-0.2, 0) is 4.79 Å². The first-order chi connectivity index (χ1) is 6.83. The molecule has 2 rings (SSSR count). The maximum Gasteiger partial charge on any atom is 0.226 e. The van der Waals surface area contributed by atoms with E-state index in [4.69, 9.17) is 0 Å². The first kappa shape index (κ1) is 10.3. The highest BCUT2D eigenvalue weighted by Gasteiger charge is 2.33. The number of nitrogens with zero attached hydrogens (tertiary/aromatic N) is 1. The lowest BCUT2D eigenvalue weighted by atomic mass is 10.0. The summed E-state index contributed by atoms with van der Waals surface area (Å²) in [6.07, 6.45) is 1.08. The first-order valence-electron chi connectivity index (χ1n) is 5.42. The van der Waals surface area contributed by atoms with E-state index < -0.39 is 0 Å². The molecule has 0 aromatic heterocycles. The van der Waals surface area contributed by atoms with Gasteiger partial charge < -0.3 is 10.2 Å². The highest BCUT2D eigenvalue weighted by atomic mass is 32.2. The Morgan fingerprint density at radius 3 is 2.79 bits per heavy atom. The van der Waals surface area contributed by atoms with Crippen molar-refractivity contribution in [2.45, 2.75) is 19.4 Å². The van der Waals surface area contributed by atoms with E-state index in [1.165, 1.54) is 0 Å². The average Bonchev–Trinajstić information content (AvgIpc) is 2.62. The van der Waals surface area contributed by atoms with Gasteiger partial charge in [0.15, 0.2) is 0 Å². The van der Waals surface area contributed by atoms with Crippen LogP contribution in [-0.4, -0.2) is 48.0 Å². The van der Waals surface area contributed by atoms with Gasteiger partial charge in [-0.1, -0.05) is 0 Å². The Bertz CT molecular complexity index is 212. The number of carbonyl (C=O) groups is 1. The van der Waals surface area contributed by atoms with E-state index in [0.717, 1.165) is 37.6 Å². The van der Waals surface area contributed by atoms with Gasteiger partial charge in [0, 0.05) is 31.3 Å². The van der Waals surface area contributed by atoms with Crippen molar-refractivity contribution in [2.75, 3.05) is 31.1 Å². The minimum atomic E-state index is 0.306. The monoisotopic (exact) mass is 214 g/mol. The summed E-state index contributed by atoms with van der Waals surface area (Å²) in [6.45, 7) is 4.92. The maximum absolute atomic E-state index is 12.1. The Hall–Kier alpha value is -0.220. The Labute approximate surface area is 89.6 Å². The van der Waals surface area contributed by atoms with Crippen LogP contribution in [0.2, 0.25) is 0 Å². The summed E-state index contributed by atoms with van der Waals surface area (Å²) in [5, 5.41) is 3.22. The largest absolute Gasteiger partial charge is 0.337 e. The molecule has 3 nitrogen and oxygen atoms in total. The van der Waals surface area contributed by atoms with Crippen molar-refractivity contribution in [1.82, 2.24) is 10.2 Å². The molecule has 4 heteroatoms. The Morgan fingerprint density at radius 1 is 1.57 bits per heavy atom. The molecule has 14 heavy (non-hydrogen) atoms. The highest BCUT2D eigenvalue weighted by molar-refractivity contribution is 7.99. The smallest absolute Gasteiger partial charge is 0.226 e. The third-order valence-electron chi connectivity index (χ3n) is 3.10. The van der Waals surface area contributed by atoms with E-state index in [2.05, 4.69) is 17.1 Å². The number of rotatable bonds is 3. The van der Waals surface area contributed by atoms with Gasteiger partial charge in [0.1, 0.15) is 0 Å². The second-order valence-corrected chi connectivity index (χ2v) is 5.15. The van der Waals surface area contributed by atoms with Crippen molar-refractivity contribution >= 4 is 17.7 Å². The minimum absolute atomic E-state index is 0.306. The molecule has 1 amide bonds. The average molecular weight is 214 g/mol. The summed E-state index contributed by atoms with van der Waals surface area (Å²) in [5.74, 6) is 2.90. The van der Waals surface area contributed by atoms with Crippen molar-refractivity contribution < 1.29 is 4.79 Å². The molecule has 0 aromatic rings. The SMILES string of the molecule is CCN(C(=O)C1CCSC1)C1CNC1. The highest BCUT2D eigenvalue weighted by Crippen LogP contribution is 2.26. The number of thioether (sulfide) groups is 1. The summed E-state index contributed by atoms with van der Waals surface area (Å²) in [7, 11) is 0. The van der Waals surface area contributed by atoms with Crippen LogP contribution in [0.4, 0.5) is 0 Å². The van der Waals surface area contributed by atoms with E-state index in [0.29, 0.717) is 17.9 Å². The Morgan fingerprint density at radius 2 is 2.36 bits per heavy atom. The molecule has 0 aromatic carbocycles. The van der Waals surface area contributed by atoms with Crippen LogP contribution in [0.25, 0.3) is 0 Å². The fourth-order valence-electron chi connectivity index (χ4n) is 2.05. The normalized spacial score (nSPS) is 27.4. The molecule has 0 bridgehead atoms. The van der Waals surface area contributed by atoms with Crippen molar-refractivity contribution in [2.24, 2.45) is 5.92 Å². The number of amides is 1. The molecule has 0 aliphatic carbocycles. The summed E-state index contributed by atoms with van der Waals surface area (Å²) in [5.41, 5.74) is 0. The predicted molar refractivity (Wildman–Crippen MR) is 59.5 cm³/mol. The van der Waals surface area contributed by atoms with E-state index >= 15 is 0 Å². The van der Waals surface area contributed by atoms with Crippen LogP contribution in [0, 0.1) is 5.92 Å². The lowest BCUT2D eigenvalue weighted by Crippen LogP contribution is -2.59. The standard InChI is InChI=1S/C10H18N2OS/c1-2-12(9-5-11-6-9)10(13)8-3-4-14-7-8/h8-9,11H,2-7H2,1H3. The van der Waals surface area contributed by atoms with E-state index in [1.54, 1.807) is 0 Å². The number of hydrogen-bond donors (Lipinski definition) is 1. The van der Waals surface area contributed by atoms with Gasteiger partial charge in [-0.25, -0.2) is 0 Å². The van der Waals surface area contributed by atoms with Gasteiger partial charge in [-0.2, -0.15) is 11.8 Å². The Kier molecular flexibility index (Phi) is 3.34. The second kappa shape index (κ2) is 4.53. The second-order valence-electron chi connectivity index (χ2n) is 4.00. The van der Waals surface area contributed by atoms with Gasteiger partial charge in [-0.3, -0.25) is 4.79 Å². The molecule has 1 unspecified atom stereocenters. The van der Waals surface area contributed by atoms with Crippen LogP contribution in [0.3, 0.4) is 0 Å². The molecule has 2 fully saturated rings. The van der Waals surface area contributed by atoms with Crippen molar-refractivity contribution in [3.8, 4) is 0 Å². The molecular formula is C10H18N2OS. The van der Waals surface area contributed by atoms with Crippen molar-refractivity contribution in [1.29, 1.82) is 0 Å². The van der Waals surface area contributed by atoms with Gasteiger partial charge in [0.2, 0.25) is 5.91 Å². The number of likely N-dealkylation sites (N-methyl/N-ethyl adjacent to an activating group) is 1. The van der Waals surface area contributed by atoms with Gasteiger partial charge in [0.05, 0.1) is 6.04 Å². The molecule has 0 saturated carbocycles. The number of hydrogen-bond acceptors (Lipinski definition) is 3. The molecule has 80 valence electrons. The van der Waals surface area contributed by atoms with Gasteiger partial charge in [0.25, 0.3) is 0 Å². The number of nitrogens with one attached hydrogen (secondary N) is 1. The third kappa shape index (κ3) is 1.91. The Balaban J connectivity index is 1.92. The quantitative estimate of drug-likeness (QED) is 0.745. The van der Waals surface area contributed by atoms with Crippen LogP contribution in [0.1, 0.15) is 13.3 Å². The summed E-state index contributed by atoms with van der Waals surface area (Å²) < 4.78 is 0. The zero-order valence-electron chi connectivity index (χ0n) is 8.66. The zero-order valence-corrected chi connectivity index (χ0v) is 9.48. The van der Waals surface area contributed by atoms with Crippen LogP contribution >= 0.6 is 11.8 Å². The molecule has 2 saturated heterocycles. The molecule has 0 radical (unpaired) electrons. The topological polar surface area (TPSA) is 32.3 Å². The first-order valence-corrected chi connectivity index (χ1v) is 6.57. The van der Waals surface area contributed by atoms with E-state index in [1.807, 2.05) is 11.8 Å². The van der Waals surface area contributed by atoms with Crippen LogP contribution in [0.15, 0.2) is 0 Å². The fourth-order valence-corrected chi connectivity index (χ4v) is 3.26. The minimum Gasteiger partial charge on any atom is -0.337 e. The van der Waals surface area contributed by atoms with Crippen LogP contribution in [0.5, 0.6) is 0 Å². The van der Waals surface area contributed by atoms with E-state index in [-0.39, 0.29) is 0 Å². The molecule has 2 heterocycles. The lowest BCUT2D eigenvalue weighted by Gasteiger charge is -2.38. The molecule has 2 aliphatic rings. The third-order valence-corrected chi connectivity index (χ3v) is 4.27. The summed E-state index contributed by atoms with van der Waals surface area (Å²) >= 11 is 1.91. The van der Waals surface area contributed by atoms with E-state index in [9.17, 15) is 4.79 Å². The van der Waals surface area contributed by atoms with Gasteiger partial charge in [-0.05, 0) is 19.1 Å². The fraction of sp³-hybridized carbons (Fsp3) is 0.900. The maximum atomic E-state index is 12.1. The van der Waals surface area contributed by atoms with Crippen molar-refractivity contribution in [3.05, 3.63) is 0 Å². The molecular weight excluding hydrogens is 196 g/mol. The summed E-state index contributed by atoms with van der Waals surface area (Å²) in [4.78, 5) is 14.2. The predicted octanol–water partition coefficient (Wildman–Crippen LogP) is 0.560. The molecule has 1 atom stereocenters. The van der Waals surface area contributed by atoms with Gasteiger partial charge >= 0.3 is 0 Å². The summed E-state index contributed by atoms with van der Waals surface area (Å²) in [6, 6.07) is 0.470. The van der Waals surface area contributed by atoms with Crippen molar-refractivity contribution in [3.63, 3.8) is 0 Å². The zero-order chi connectivity index (χ0) is 9.97. The molecule has 1 N–H and O–H groups in total. The molecule has 2 aliphatic heterocycles. The van der Waals surface area contributed by atoms with Gasteiger partial charge in [-0.15, -0.1) is 0 Å². The van der Waals surface area contributed by atoms with Crippen LogP contribution < -0.4 is 5.32 Å².